The molecule has 0 unspecified atom stereocenters. The maximum atomic E-state index is 10.7. The van der Waals surface area contributed by atoms with Gasteiger partial charge in [-0.1, -0.05) is 11.3 Å². The number of benzene rings is 1. The van der Waals surface area contributed by atoms with Gasteiger partial charge in [0.1, 0.15) is 5.75 Å². The molecule has 0 spiro atoms. The lowest BCUT2D eigenvalue weighted by Gasteiger charge is -1.92. The predicted octanol–water partition coefficient (Wildman–Crippen LogP) is 1.27. The van der Waals surface area contributed by atoms with Crippen LogP contribution in [0.3, 0.4) is 0 Å². The van der Waals surface area contributed by atoms with E-state index in [2.05, 4.69) is 4.42 Å². The quantitative estimate of drug-likeness (QED) is 0.646. The minimum Gasteiger partial charge on any atom is -0.508 e. The molecule has 0 radical (unpaired) electrons. The summed E-state index contributed by atoms with van der Waals surface area (Å²) in [4.78, 5) is 10.2. The van der Waals surface area contributed by atoms with Crippen molar-refractivity contribution in [3.05, 3.63) is 21.9 Å². The highest BCUT2D eigenvalue weighted by Gasteiger charge is 2.08. The standard InChI is InChI=1S/C7H4O4S/c8-3-1-4(9)6-5(2-3)12-7(10)11-6/h1-2,8-9H. The summed E-state index contributed by atoms with van der Waals surface area (Å²) in [5, 5.41) is 18.2. The summed E-state index contributed by atoms with van der Waals surface area (Å²) in [6.45, 7) is 0. The van der Waals surface area contributed by atoms with Crippen LogP contribution in [0.15, 0.2) is 21.3 Å². The third-order valence-electron chi connectivity index (χ3n) is 1.40. The number of phenolic OH excluding ortho intramolecular Hbond substituents is 2. The zero-order valence-electron chi connectivity index (χ0n) is 5.77. The maximum absolute atomic E-state index is 10.7. The minimum atomic E-state index is -0.495. The first-order chi connectivity index (χ1) is 5.66. The van der Waals surface area contributed by atoms with E-state index in [-0.39, 0.29) is 17.1 Å². The van der Waals surface area contributed by atoms with E-state index in [1.54, 1.807) is 0 Å². The van der Waals surface area contributed by atoms with Gasteiger partial charge in [-0.15, -0.1) is 0 Å². The highest BCUT2D eigenvalue weighted by molar-refractivity contribution is 7.16. The number of aromatic hydroxyl groups is 2. The summed E-state index contributed by atoms with van der Waals surface area (Å²) in [7, 11) is 0. The van der Waals surface area contributed by atoms with Crippen LogP contribution in [0.25, 0.3) is 10.3 Å². The van der Waals surface area contributed by atoms with Gasteiger partial charge in [0, 0.05) is 12.1 Å². The van der Waals surface area contributed by atoms with Crippen LogP contribution in [0.5, 0.6) is 11.5 Å². The number of phenols is 2. The average molecular weight is 184 g/mol. The molecule has 12 heavy (non-hydrogen) atoms. The van der Waals surface area contributed by atoms with E-state index in [9.17, 15) is 9.90 Å². The Bertz CT molecular complexity index is 482. The van der Waals surface area contributed by atoms with Gasteiger partial charge in [-0.05, 0) is 0 Å². The highest BCUT2D eigenvalue weighted by atomic mass is 32.1. The van der Waals surface area contributed by atoms with E-state index in [0.717, 1.165) is 17.4 Å². The van der Waals surface area contributed by atoms with E-state index < -0.39 is 4.94 Å². The molecule has 0 aliphatic heterocycles. The van der Waals surface area contributed by atoms with Crippen molar-refractivity contribution in [2.75, 3.05) is 0 Å². The zero-order chi connectivity index (χ0) is 8.72. The molecule has 1 aromatic carbocycles. The lowest BCUT2D eigenvalue weighted by Crippen LogP contribution is -1.79. The van der Waals surface area contributed by atoms with Crippen molar-refractivity contribution < 1.29 is 14.6 Å². The van der Waals surface area contributed by atoms with Crippen LogP contribution in [-0.4, -0.2) is 10.2 Å². The predicted molar refractivity (Wildman–Crippen MR) is 43.7 cm³/mol. The molecule has 0 fully saturated rings. The van der Waals surface area contributed by atoms with Crippen molar-refractivity contribution in [3.8, 4) is 11.5 Å². The van der Waals surface area contributed by atoms with Crippen molar-refractivity contribution in [3.63, 3.8) is 0 Å². The van der Waals surface area contributed by atoms with Crippen LogP contribution in [0.2, 0.25) is 0 Å². The van der Waals surface area contributed by atoms with Crippen LogP contribution in [0.4, 0.5) is 0 Å². The van der Waals surface area contributed by atoms with Crippen molar-refractivity contribution in [2.24, 2.45) is 0 Å². The Kier molecular flexibility index (Phi) is 1.34. The fourth-order valence-electron chi connectivity index (χ4n) is 0.946. The normalized spacial score (nSPS) is 10.7. The van der Waals surface area contributed by atoms with Crippen molar-refractivity contribution >= 4 is 21.6 Å². The summed E-state index contributed by atoms with van der Waals surface area (Å²) in [5.41, 5.74) is 0.128. The summed E-state index contributed by atoms with van der Waals surface area (Å²) in [5.74, 6) is -0.305. The molecule has 2 N–H and O–H groups in total. The maximum Gasteiger partial charge on any atom is 0.396 e. The largest absolute Gasteiger partial charge is 0.508 e. The molecule has 2 rings (SSSR count). The minimum absolute atomic E-state index is 0.0861. The van der Waals surface area contributed by atoms with Gasteiger partial charge in [0.05, 0.1) is 4.70 Å². The fraction of sp³-hybridized carbons (Fsp3) is 0. The Morgan fingerprint density at radius 1 is 1.33 bits per heavy atom. The third kappa shape index (κ3) is 0.947. The Balaban J connectivity index is 2.97. The molecule has 0 saturated carbocycles. The molecule has 1 aromatic heterocycles. The molecule has 62 valence electrons. The van der Waals surface area contributed by atoms with Crippen molar-refractivity contribution in [2.45, 2.75) is 0 Å². The summed E-state index contributed by atoms with van der Waals surface area (Å²) in [6.07, 6.45) is 0. The van der Waals surface area contributed by atoms with Gasteiger partial charge in [-0.25, -0.2) is 4.79 Å². The summed E-state index contributed by atoms with van der Waals surface area (Å²) in [6, 6.07) is 2.49. The first kappa shape index (κ1) is 7.17. The van der Waals surface area contributed by atoms with Gasteiger partial charge >= 0.3 is 4.94 Å². The average Bonchev–Trinajstić information content (AvgIpc) is 2.29. The van der Waals surface area contributed by atoms with Crippen LogP contribution < -0.4 is 4.94 Å². The van der Waals surface area contributed by atoms with Gasteiger partial charge in [0.25, 0.3) is 0 Å². The highest BCUT2D eigenvalue weighted by Crippen LogP contribution is 2.30. The fourth-order valence-corrected chi connectivity index (χ4v) is 1.67. The molecule has 0 amide bonds. The van der Waals surface area contributed by atoms with E-state index in [1.807, 2.05) is 0 Å². The molecule has 5 heteroatoms. The number of hydrogen-bond acceptors (Lipinski definition) is 5. The molecule has 0 aliphatic rings. The van der Waals surface area contributed by atoms with E-state index in [0.29, 0.717) is 4.70 Å². The number of hydrogen-bond donors (Lipinski definition) is 2. The molecule has 0 saturated heterocycles. The van der Waals surface area contributed by atoms with Gasteiger partial charge in [-0.3, -0.25) is 0 Å². The second-order valence-electron chi connectivity index (χ2n) is 2.25. The molecule has 0 aliphatic carbocycles. The zero-order valence-corrected chi connectivity index (χ0v) is 6.59. The van der Waals surface area contributed by atoms with Crippen LogP contribution in [0.1, 0.15) is 0 Å². The molecule has 2 aromatic rings. The van der Waals surface area contributed by atoms with Crippen LogP contribution >= 0.6 is 11.3 Å². The smallest absolute Gasteiger partial charge is 0.396 e. The molecule has 0 atom stereocenters. The van der Waals surface area contributed by atoms with E-state index in [1.165, 1.54) is 6.07 Å². The summed E-state index contributed by atoms with van der Waals surface area (Å²) >= 11 is 0.838. The number of rotatable bonds is 0. The van der Waals surface area contributed by atoms with E-state index in [4.69, 9.17) is 5.11 Å². The molecular formula is C7H4O4S. The lowest BCUT2D eigenvalue weighted by atomic mass is 10.3. The number of fused-ring (bicyclic) bond motifs is 1. The third-order valence-corrected chi connectivity index (χ3v) is 2.17. The monoisotopic (exact) mass is 184 g/mol. The molecule has 0 bridgehead atoms. The Morgan fingerprint density at radius 3 is 2.83 bits per heavy atom. The van der Waals surface area contributed by atoms with Gasteiger partial charge in [0.15, 0.2) is 11.3 Å². The Labute approximate surface area is 70.3 Å². The van der Waals surface area contributed by atoms with Gasteiger partial charge < -0.3 is 14.6 Å². The first-order valence-corrected chi connectivity index (χ1v) is 3.94. The van der Waals surface area contributed by atoms with Crippen molar-refractivity contribution in [1.82, 2.24) is 0 Å². The topological polar surface area (TPSA) is 70.7 Å². The first-order valence-electron chi connectivity index (χ1n) is 3.12. The molecule has 4 nitrogen and oxygen atoms in total. The van der Waals surface area contributed by atoms with Gasteiger partial charge in [0.2, 0.25) is 0 Å². The Morgan fingerprint density at radius 2 is 2.08 bits per heavy atom. The Hall–Kier alpha value is -1.49. The van der Waals surface area contributed by atoms with E-state index >= 15 is 0 Å². The lowest BCUT2D eigenvalue weighted by molar-refractivity contribution is 0.444. The van der Waals surface area contributed by atoms with Gasteiger partial charge in [-0.2, -0.15) is 0 Å². The molecular weight excluding hydrogens is 180 g/mol. The van der Waals surface area contributed by atoms with Crippen molar-refractivity contribution in [1.29, 1.82) is 0 Å². The second kappa shape index (κ2) is 2.25. The van der Waals surface area contributed by atoms with Crippen LogP contribution in [0, 0.1) is 0 Å². The van der Waals surface area contributed by atoms with Crippen LogP contribution in [-0.2, 0) is 0 Å². The molecule has 1 heterocycles. The SMILES string of the molecule is O=c1oc2c(O)cc(O)cc2s1. The summed E-state index contributed by atoms with van der Waals surface area (Å²) < 4.78 is 5.10. The second-order valence-corrected chi connectivity index (χ2v) is 3.22.